The number of alkyl halides is 2. The number of halogens is 2. The molecule has 0 spiro atoms. The first-order valence-electron chi connectivity index (χ1n) is 12.8. The van der Waals surface area contributed by atoms with Crippen molar-refractivity contribution < 1.29 is 23.1 Å². The molecule has 0 bridgehead atoms. The van der Waals surface area contributed by atoms with E-state index in [2.05, 4.69) is 30.2 Å². The smallest absolute Gasteiger partial charge is 0.281 e. The summed E-state index contributed by atoms with van der Waals surface area (Å²) in [5.41, 5.74) is 4.97. The van der Waals surface area contributed by atoms with Gasteiger partial charge in [0.2, 0.25) is 29.7 Å². The van der Waals surface area contributed by atoms with Crippen LogP contribution in [0.5, 0.6) is 0 Å². The molecule has 3 N–H and O–H groups in total. The number of piperazine rings is 1. The summed E-state index contributed by atoms with van der Waals surface area (Å²) in [6, 6.07) is 0. The standard InChI is InChI=1S/C24H32F2N10O3/c1-2-4-17(37)28-6-3-5-18(38)34-7-9-35(10-8-34)23-31-21(16-15-29-22(27)30-19(16)20(25)26)32-24(33-23)36-11-13-39-14-12-36/h2,4,15,20H,3,5-14H2,1H3,(H,28,37)(H2,27,29,30)/b4-2+. The van der Waals surface area contributed by atoms with Crippen molar-refractivity contribution in [2.24, 2.45) is 0 Å². The van der Waals surface area contributed by atoms with Gasteiger partial charge in [0, 0.05) is 58.4 Å². The van der Waals surface area contributed by atoms with E-state index in [1.807, 2.05) is 9.80 Å². The molecule has 4 heterocycles. The van der Waals surface area contributed by atoms with Gasteiger partial charge in [-0.05, 0) is 19.4 Å². The molecule has 0 atom stereocenters. The number of nitrogens with one attached hydrogen (secondary N) is 1. The minimum absolute atomic E-state index is 0.000808. The van der Waals surface area contributed by atoms with E-state index >= 15 is 0 Å². The lowest BCUT2D eigenvalue weighted by Gasteiger charge is -2.35. The van der Waals surface area contributed by atoms with E-state index in [-0.39, 0.29) is 29.2 Å². The molecule has 0 aromatic carbocycles. The number of nitrogens with two attached hydrogens (primary N) is 1. The molecule has 2 aliphatic rings. The first-order valence-corrected chi connectivity index (χ1v) is 12.8. The second-order valence-corrected chi connectivity index (χ2v) is 8.95. The number of carbonyl (C=O) groups is 2. The highest BCUT2D eigenvalue weighted by Gasteiger charge is 2.27. The zero-order chi connectivity index (χ0) is 27.8. The summed E-state index contributed by atoms with van der Waals surface area (Å²) in [6.45, 7) is 6.05. The average molecular weight is 547 g/mol. The van der Waals surface area contributed by atoms with Crippen LogP contribution in [0, 0.1) is 0 Å². The van der Waals surface area contributed by atoms with Crippen LogP contribution in [0.2, 0.25) is 0 Å². The largest absolute Gasteiger partial charge is 0.378 e. The lowest BCUT2D eigenvalue weighted by Crippen LogP contribution is -2.49. The third kappa shape index (κ3) is 7.31. The zero-order valence-electron chi connectivity index (χ0n) is 21.7. The summed E-state index contributed by atoms with van der Waals surface area (Å²) >= 11 is 0. The number of morpholine rings is 1. The third-order valence-electron chi connectivity index (χ3n) is 6.29. The zero-order valence-corrected chi connectivity index (χ0v) is 21.7. The summed E-state index contributed by atoms with van der Waals surface area (Å²) in [7, 11) is 0. The summed E-state index contributed by atoms with van der Waals surface area (Å²) in [6.07, 6.45) is 2.25. The fourth-order valence-corrected chi connectivity index (χ4v) is 4.24. The lowest BCUT2D eigenvalue weighted by molar-refractivity contribution is -0.131. The van der Waals surface area contributed by atoms with Crippen molar-refractivity contribution in [1.82, 2.24) is 35.1 Å². The predicted octanol–water partition coefficient (Wildman–Crippen LogP) is 0.806. The summed E-state index contributed by atoms with van der Waals surface area (Å²) in [5, 5.41) is 2.73. The molecule has 0 radical (unpaired) electrons. The van der Waals surface area contributed by atoms with Gasteiger partial charge in [0.1, 0.15) is 5.69 Å². The van der Waals surface area contributed by atoms with Crippen LogP contribution in [-0.2, 0) is 14.3 Å². The summed E-state index contributed by atoms with van der Waals surface area (Å²) < 4.78 is 33.0. The Morgan fingerprint density at radius 2 is 1.72 bits per heavy atom. The second-order valence-electron chi connectivity index (χ2n) is 8.95. The van der Waals surface area contributed by atoms with Crippen LogP contribution in [-0.4, -0.2) is 101 Å². The Hall–Kier alpha value is -4.01. The normalized spacial score (nSPS) is 16.3. The van der Waals surface area contributed by atoms with Gasteiger partial charge in [-0.1, -0.05) is 6.08 Å². The summed E-state index contributed by atoms with van der Waals surface area (Å²) in [5.74, 6) is 0.234. The Balaban J connectivity index is 1.48. The van der Waals surface area contributed by atoms with Crippen molar-refractivity contribution in [3.05, 3.63) is 24.0 Å². The summed E-state index contributed by atoms with van der Waals surface area (Å²) in [4.78, 5) is 50.9. The molecule has 13 nitrogen and oxygen atoms in total. The molecule has 2 aromatic heterocycles. The van der Waals surface area contributed by atoms with Crippen LogP contribution in [0.4, 0.5) is 26.6 Å². The molecule has 2 aromatic rings. The van der Waals surface area contributed by atoms with Crippen LogP contribution < -0.4 is 20.9 Å². The highest BCUT2D eigenvalue weighted by molar-refractivity contribution is 5.87. The topological polar surface area (TPSA) is 156 Å². The van der Waals surface area contributed by atoms with Gasteiger partial charge in [-0.15, -0.1) is 0 Å². The van der Waals surface area contributed by atoms with Gasteiger partial charge in [0.25, 0.3) is 6.43 Å². The number of ether oxygens (including phenoxy) is 1. The molecular formula is C24H32F2N10O3. The number of amides is 2. The van der Waals surface area contributed by atoms with E-state index < -0.39 is 12.1 Å². The van der Waals surface area contributed by atoms with E-state index in [1.165, 1.54) is 12.3 Å². The highest BCUT2D eigenvalue weighted by Crippen LogP contribution is 2.30. The van der Waals surface area contributed by atoms with Crippen molar-refractivity contribution in [2.75, 3.05) is 74.6 Å². The number of hydrogen-bond donors (Lipinski definition) is 2. The number of hydrogen-bond acceptors (Lipinski definition) is 11. The van der Waals surface area contributed by atoms with Gasteiger partial charge < -0.3 is 30.5 Å². The Kier molecular flexibility index (Phi) is 9.46. The molecule has 0 saturated carbocycles. The molecule has 4 rings (SSSR count). The molecule has 2 saturated heterocycles. The Bertz CT molecular complexity index is 1180. The van der Waals surface area contributed by atoms with Crippen LogP contribution in [0.25, 0.3) is 11.4 Å². The van der Waals surface area contributed by atoms with Crippen LogP contribution in [0.15, 0.2) is 18.3 Å². The van der Waals surface area contributed by atoms with Crippen molar-refractivity contribution in [3.63, 3.8) is 0 Å². The number of carbonyl (C=O) groups excluding carboxylic acids is 2. The molecule has 2 amide bonds. The van der Waals surface area contributed by atoms with Crippen molar-refractivity contribution in [1.29, 1.82) is 0 Å². The Morgan fingerprint density at radius 3 is 2.36 bits per heavy atom. The maximum Gasteiger partial charge on any atom is 0.281 e. The van der Waals surface area contributed by atoms with Gasteiger partial charge in [-0.3, -0.25) is 9.59 Å². The monoisotopic (exact) mass is 546 g/mol. The van der Waals surface area contributed by atoms with E-state index in [0.29, 0.717) is 83.8 Å². The molecule has 0 unspecified atom stereocenters. The van der Waals surface area contributed by atoms with E-state index in [1.54, 1.807) is 17.9 Å². The van der Waals surface area contributed by atoms with Crippen LogP contribution >= 0.6 is 0 Å². The van der Waals surface area contributed by atoms with Crippen molar-refractivity contribution in [3.8, 4) is 11.4 Å². The van der Waals surface area contributed by atoms with E-state index in [4.69, 9.17) is 10.5 Å². The first kappa shape index (κ1) is 28.0. The van der Waals surface area contributed by atoms with Crippen molar-refractivity contribution >= 4 is 29.7 Å². The van der Waals surface area contributed by atoms with Crippen molar-refractivity contribution in [2.45, 2.75) is 26.2 Å². The first-order chi connectivity index (χ1) is 18.9. The molecule has 15 heteroatoms. The second kappa shape index (κ2) is 13.2. The number of allylic oxidation sites excluding steroid dienone is 1. The van der Waals surface area contributed by atoms with E-state index in [0.717, 1.165) is 0 Å². The molecule has 2 fully saturated rings. The molecule has 2 aliphatic heterocycles. The minimum Gasteiger partial charge on any atom is -0.378 e. The fourth-order valence-electron chi connectivity index (χ4n) is 4.24. The SMILES string of the molecule is C/C=C/C(=O)NCCCC(=O)N1CCN(c2nc(-c3cnc(N)nc3C(F)F)nc(N3CCOCC3)n2)CC1. The number of rotatable bonds is 9. The Morgan fingerprint density at radius 1 is 1.05 bits per heavy atom. The molecule has 39 heavy (non-hydrogen) atoms. The molecule has 210 valence electrons. The van der Waals surface area contributed by atoms with Gasteiger partial charge in [-0.25, -0.2) is 18.7 Å². The quantitative estimate of drug-likeness (QED) is 0.339. The number of anilines is 3. The number of nitrogen functional groups attached to an aromatic ring is 1. The fraction of sp³-hybridized carbons (Fsp3) is 0.542. The van der Waals surface area contributed by atoms with Gasteiger partial charge in [0.15, 0.2) is 5.82 Å². The maximum absolute atomic E-state index is 13.8. The van der Waals surface area contributed by atoms with Crippen LogP contribution in [0.1, 0.15) is 31.9 Å². The number of aromatic nitrogens is 5. The van der Waals surface area contributed by atoms with E-state index in [9.17, 15) is 18.4 Å². The highest BCUT2D eigenvalue weighted by atomic mass is 19.3. The lowest BCUT2D eigenvalue weighted by atomic mass is 10.2. The minimum atomic E-state index is -2.90. The average Bonchev–Trinajstić information content (AvgIpc) is 2.95. The van der Waals surface area contributed by atoms with Crippen LogP contribution in [0.3, 0.4) is 0 Å². The van der Waals surface area contributed by atoms with Gasteiger partial charge in [-0.2, -0.15) is 15.0 Å². The maximum atomic E-state index is 13.8. The molecular weight excluding hydrogens is 514 g/mol. The molecule has 0 aliphatic carbocycles. The van der Waals surface area contributed by atoms with Gasteiger partial charge >= 0.3 is 0 Å². The predicted molar refractivity (Wildman–Crippen MR) is 139 cm³/mol. The van der Waals surface area contributed by atoms with Gasteiger partial charge in [0.05, 0.1) is 18.8 Å². The number of nitrogens with zero attached hydrogens (tertiary/aromatic N) is 8. The third-order valence-corrected chi connectivity index (χ3v) is 6.29. The Labute approximate surface area is 224 Å².